The minimum Gasteiger partial charge on any atom is -0.381 e. The number of rotatable bonds is 5. The third kappa shape index (κ3) is 4.17. The van der Waals surface area contributed by atoms with Crippen molar-refractivity contribution in [3.63, 3.8) is 0 Å². The molecule has 0 saturated heterocycles. The molecule has 2 rings (SSSR count). The van der Waals surface area contributed by atoms with Crippen LogP contribution in [0, 0.1) is 5.82 Å². The van der Waals surface area contributed by atoms with Crippen LogP contribution >= 0.6 is 11.6 Å². The zero-order valence-corrected chi connectivity index (χ0v) is 12.8. The Morgan fingerprint density at radius 1 is 1.14 bits per heavy atom. The van der Waals surface area contributed by atoms with E-state index in [4.69, 9.17) is 11.6 Å². The highest BCUT2D eigenvalue weighted by Crippen LogP contribution is 2.17. The smallest absolute Gasteiger partial charge is 0.240 e. The summed E-state index contributed by atoms with van der Waals surface area (Å²) in [4.78, 5) is 0.185. The first-order valence-corrected chi connectivity index (χ1v) is 7.99. The summed E-state index contributed by atoms with van der Waals surface area (Å²) in [7, 11) is -2.08. The molecule has 0 fully saturated rings. The molecule has 0 radical (unpaired) electrons. The van der Waals surface area contributed by atoms with Gasteiger partial charge in [-0.2, -0.15) is 0 Å². The van der Waals surface area contributed by atoms with Crippen molar-refractivity contribution in [1.82, 2.24) is 4.72 Å². The maximum absolute atomic E-state index is 13.2. The second kappa shape index (κ2) is 6.43. The number of benzene rings is 2. The monoisotopic (exact) mass is 328 g/mol. The highest BCUT2D eigenvalue weighted by Gasteiger charge is 2.10. The van der Waals surface area contributed by atoms with Crippen molar-refractivity contribution in [1.29, 1.82) is 0 Å². The number of sulfonamides is 1. The van der Waals surface area contributed by atoms with E-state index in [2.05, 4.69) is 10.0 Å². The van der Waals surface area contributed by atoms with E-state index < -0.39 is 15.8 Å². The van der Waals surface area contributed by atoms with Crippen LogP contribution < -0.4 is 10.0 Å². The second-order valence-corrected chi connectivity index (χ2v) is 6.69. The minimum absolute atomic E-state index is 0.185. The van der Waals surface area contributed by atoms with Gasteiger partial charge in [-0.3, -0.25) is 0 Å². The summed E-state index contributed by atoms with van der Waals surface area (Å²) in [6, 6.07) is 10.6. The molecule has 2 aromatic rings. The summed E-state index contributed by atoms with van der Waals surface area (Å²) in [5, 5.41) is 3.41. The van der Waals surface area contributed by atoms with Crippen LogP contribution in [0.5, 0.6) is 0 Å². The summed E-state index contributed by atoms with van der Waals surface area (Å²) in [5.74, 6) is -0.394. The van der Waals surface area contributed by atoms with Crippen molar-refractivity contribution in [2.45, 2.75) is 11.4 Å². The predicted octanol–water partition coefficient (Wildman–Crippen LogP) is 3.00. The van der Waals surface area contributed by atoms with Gasteiger partial charge in [-0.15, -0.1) is 0 Å². The normalized spacial score (nSPS) is 11.4. The van der Waals surface area contributed by atoms with Gasteiger partial charge in [-0.1, -0.05) is 11.6 Å². The van der Waals surface area contributed by atoms with E-state index in [1.165, 1.54) is 31.3 Å². The molecule has 0 aliphatic carbocycles. The fourth-order valence-corrected chi connectivity index (χ4v) is 2.76. The van der Waals surface area contributed by atoms with Gasteiger partial charge < -0.3 is 5.32 Å². The molecule has 0 unspecified atom stereocenters. The second-order valence-electron chi connectivity index (χ2n) is 4.36. The minimum atomic E-state index is -3.44. The SMILES string of the molecule is CNS(=O)(=O)c1ccc(NCc2cc(F)cc(Cl)c2)cc1. The van der Waals surface area contributed by atoms with Gasteiger partial charge in [0.05, 0.1) is 4.90 Å². The molecule has 0 aromatic heterocycles. The van der Waals surface area contributed by atoms with Gasteiger partial charge in [0.15, 0.2) is 0 Å². The van der Waals surface area contributed by atoms with Crippen molar-refractivity contribution in [3.05, 3.63) is 58.9 Å². The van der Waals surface area contributed by atoms with Gasteiger partial charge in [0.2, 0.25) is 10.0 Å². The highest BCUT2D eigenvalue weighted by atomic mass is 35.5. The van der Waals surface area contributed by atoms with Crippen molar-refractivity contribution >= 4 is 27.3 Å². The van der Waals surface area contributed by atoms with E-state index in [0.717, 1.165) is 5.69 Å². The van der Waals surface area contributed by atoms with Crippen LogP contribution in [0.4, 0.5) is 10.1 Å². The molecule has 0 amide bonds. The van der Waals surface area contributed by atoms with E-state index in [1.54, 1.807) is 18.2 Å². The summed E-state index contributed by atoms with van der Waals surface area (Å²) in [6.45, 7) is 0.385. The quantitative estimate of drug-likeness (QED) is 0.887. The Balaban J connectivity index is 2.07. The molecular weight excluding hydrogens is 315 g/mol. The molecule has 2 aromatic carbocycles. The fourth-order valence-electron chi connectivity index (χ4n) is 1.79. The maximum Gasteiger partial charge on any atom is 0.240 e. The molecule has 112 valence electrons. The van der Waals surface area contributed by atoms with Crippen LogP contribution in [0.2, 0.25) is 5.02 Å². The molecular formula is C14H14ClFN2O2S. The molecule has 0 bridgehead atoms. The van der Waals surface area contributed by atoms with Crippen molar-refractivity contribution in [2.24, 2.45) is 0 Å². The van der Waals surface area contributed by atoms with Crippen molar-refractivity contribution in [2.75, 3.05) is 12.4 Å². The molecule has 7 heteroatoms. The number of anilines is 1. The lowest BCUT2D eigenvalue weighted by atomic mass is 10.2. The lowest BCUT2D eigenvalue weighted by Gasteiger charge is -2.08. The van der Waals surface area contributed by atoms with Gasteiger partial charge in [-0.05, 0) is 55.1 Å². The Kier molecular flexibility index (Phi) is 4.82. The van der Waals surface area contributed by atoms with Crippen LogP contribution in [0.15, 0.2) is 47.4 Å². The summed E-state index contributed by atoms with van der Waals surface area (Å²) in [6.07, 6.45) is 0. The average molecular weight is 329 g/mol. The zero-order chi connectivity index (χ0) is 15.5. The molecule has 0 aliphatic heterocycles. The van der Waals surface area contributed by atoms with Crippen molar-refractivity contribution < 1.29 is 12.8 Å². The van der Waals surface area contributed by atoms with Gasteiger partial charge in [0, 0.05) is 17.3 Å². The van der Waals surface area contributed by atoms with Gasteiger partial charge in [0.1, 0.15) is 5.82 Å². The Morgan fingerprint density at radius 2 is 1.81 bits per heavy atom. The van der Waals surface area contributed by atoms with Crippen LogP contribution in [-0.4, -0.2) is 15.5 Å². The van der Waals surface area contributed by atoms with E-state index in [0.29, 0.717) is 17.1 Å². The van der Waals surface area contributed by atoms with Crippen molar-refractivity contribution in [3.8, 4) is 0 Å². The first-order valence-electron chi connectivity index (χ1n) is 6.13. The Labute approximate surface area is 128 Å². The summed E-state index contributed by atoms with van der Waals surface area (Å²) < 4.78 is 38.6. The lowest BCUT2D eigenvalue weighted by molar-refractivity contribution is 0.588. The average Bonchev–Trinajstić information content (AvgIpc) is 2.44. The van der Waals surface area contributed by atoms with Crippen LogP contribution in [0.25, 0.3) is 0 Å². The van der Waals surface area contributed by atoms with E-state index >= 15 is 0 Å². The maximum atomic E-state index is 13.2. The highest BCUT2D eigenvalue weighted by molar-refractivity contribution is 7.89. The Hall–Kier alpha value is -1.63. The first kappa shape index (κ1) is 15.8. The third-order valence-corrected chi connectivity index (χ3v) is 4.50. The number of hydrogen-bond acceptors (Lipinski definition) is 3. The zero-order valence-electron chi connectivity index (χ0n) is 11.2. The van der Waals surface area contributed by atoms with Gasteiger partial charge >= 0.3 is 0 Å². The number of halogens is 2. The van der Waals surface area contributed by atoms with Gasteiger partial charge in [-0.25, -0.2) is 17.5 Å². The molecule has 4 nitrogen and oxygen atoms in total. The number of hydrogen-bond donors (Lipinski definition) is 2. The lowest BCUT2D eigenvalue weighted by Crippen LogP contribution is -2.18. The summed E-state index contributed by atoms with van der Waals surface area (Å²) >= 11 is 5.78. The number of nitrogens with one attached hydrogen (secondary N) is 2. The van der Waals surface area contributed by atoms with Crippen LogP contribution in [-0.2, 0) is 16.6 Å². The van der Waals surface area contributed by atoms with Crippen LogP contribution in [0.3, 0.4) is 0 Å². The van der Waals surface area contributed by atoms with E-state index in [1.807, 2.05) is 0 Å². The topological polar surface area (TPSA) is 58.2 Å². The molecule has 0 saturated carbocycles. The molecule has 21 heavy (non-hydrogen) atoms. The molecule has 0 spiro atoms. The summed E-state index contributed by atoms with van der Waals surface area (Å²) in [5.41, 5.74) is 1.43. The molecule has 0 heterocycles. The molecule has 0 atom stereocenters. The Bertz CT molecular complexity index is 713. The largest absolute Gasteiger partial charge is 0.381 e. The standard InChI is InChI=1S/C14H14ClFN2O2S/c1-17-21(19,20)14-4-2-13(3-5-14)18-9-10-6-11(15)8-12(16)7-10/h2-8,17-18H,9H2,1H3. The third-order valence-electron chi connectivity index (χ3n) is 2.85. The molecule has 2 N–H and O–H groups in total. The Morgan fingerprint density at radius 3 is 2.38 bits per heavy atom. The van der Waals surface area contributed by atoms with Gasteiger partial charge in [0.25, 0.3) is 0 Å². The van der Waals surface area contributed by atoms with Crippen LogP contribution in [0.1, 0.15) is 5.56 Å². The fraction of sp³-hybridized carbons (Fsp3) is 0.143. The van der Waals surface area contributed by atoms with E-state index in [-0.39, 0.29) is 4.90 Å². The first-order chi connectivity index (χ1) is 9.90. The predicted molar refractivity (Wildman–Crippen MR) is 81.4 cm³/mol. The van der Waals surface area contributed by atoms with E-state index in [9.17, 15) is 12.8 Å². The molecule has 0 aliphatic rings.